The zero-order chi connectivity index (χ0) is 11.8. The Labute approximate surface area is 100 Å². The summed E-state index contributed by atoms with van der Waals surface area (Å²) in [4.78, 5) is 19.0. The van der Waals surface area contributed by atoms with Gasteiger partial charge in [-0.25, -0.2) is 4.98 Å². The summed E-state index contributed by atoms with van der Waals surface area (Å²) in [6.07, 6.45) is 1.38. The van der Waals surface area contributed by atoms with E-state index in [9.17, 15) is 9.90 Å². The summed E-state index contributed by atoms with van der Waals surface area (Å²) in [5, 5.41) is 9.76. The molecule has 0 unspecified atom stereocenters. The number of para-hydroxylation sites is 1. The minimum Gasteiger partial charge on any atom is -0.507 e. The quantitative estimate of drug-likeness (QED) is 0.690. The molecule has 2 N–H and O–H groups in total. The van der Waals surface area contributed by atoms with Crippen LogP contribution in [0.5, 0.6) is 5.75 Å². The number of hydrogen-bond donors (Lipinski definition) is 2. The van der Waals surface area contributed by atoms with Gasteiger partial charge in [0, 0.05) is 10.4 Å². The van der Waals surface area contributed by atoms with Gasteiger partial charge in [-0.1, -0.05) is 12.1 Å². The Morgan fingerprint density at radius 2 is 2.12 bits per heavy atom. The number of phenols is 1. The normalized spacial score (nSPS) is 10.8. The molecule has 0 saturated heterocycles. The van der Waals surface area contributed by atoms with E-state index in [1.54, 1.807) is 12.1 Å². The van der Waals surface area contributed by atoms with Crippen molar-refractivity contribution < 1.29 is 5.11 Å². The summed E-state index contributed by atoms with van der Waals surface area (Å²) in [7, 11) is 0. The molecule has 0 radical (unpaired) electrons. The lowest BCUT2D eigenvalue weighted by Crippen LogP contribution is -2.02. The number of nitrogens with one attached hydrogen (secondary N) is 1. The largest absolute Gasteiger partial charge is 0.507 e. The van der Waals surface area contributed by atoms with E-state index in [0.717, 1.165) is 10.4 Å². The van der Waals surface area contributed by atoms with E-state index in [-0.39, 0.29) is 11.3 Å². The predicted molar refractivity (Wildman–Crippen MR) is 67.3 cm³/mol. The Balaban J connectivity index is 2.30. The van der Waals surface area contributed by atoms with Crippen LogP contribution in [0.3, 0.4) is 0 Å². The lowest BCUT2D eigenvalue weighted by molar-refractivity contribution is 0.477. The zero-order valence-electron chi connectivity index (χ0n) is 8.68. The molecule has 0 aliphatic rings. The molecule has 0 spiro atoms. The number of aromatic hydroxyl groups is 1. The molecule has 17 heavy (non-hydrogen) atoms. The Hall–Kier alpha value is -2.14. The van der Waals surface area contributed by atoms with Crippen LogP contribution in [0.25, 0.3) is 20.7 Å². The maximum atomic E-state index is 11.6. The molecule has 0 aliphatic heterocycles. The number of phenolic OH excluding ortho intramolecular Hbond substituents is 1. The SMILES string of the molecule is O=c1[nH]cnc2cc(-c3ccccc3O)sc12. The third-order valence-corrected chi connectivity index (χ3v) is 3.64. The monoisotopic (exact) mass is 244 g/mol. The van der Waals surface area contributed by atoms with Gasteiger partial charge in [-0.15, -0.1) is 11.3 Å². The number of aromatic nitrogens is 2. The molecule has 0 atom stereocenters. The third kappa shape index (κ3) is 1.60. The molecule has 2 aromatic heterocycles. The first-order valence-corrected chi connectivity index (χ1v) is 5.83. The van der Waals surface area contributed by atoms with Gasteiger partial charge in [0.25, 0.3) is 5.56 Å². The Morgan fingerprint density at radius 1 is 1.29 bits per heavy atom. The highest BCUT2D eigenvalue weighted by molar-refractivity contribution is 7.22. The second-order valence-electron chi connectivity index (χ2n) is 3.57. The van der Waals surface area contributed by atoms with E-state index < -0.39 is 0 Å². The number of H-pyrrole nitrogens is 1. The molecule has 1 aromatic carbocycles. The van der Waals surface area contributed by atoms with Crippen LogP contribution >= 0.6 is 11.3 Å². The Kier molecular flexibility index (Phi) is 2.19. The molecule has 5 heteroatoms. The van der Waals surface area contributed by atoms with Gasteiger partial charge in [0.2, 0.25) is 0 Å². The molecular weight excluding hydrogens is 236 g/mol. The van der Waals surface area contributed by atoms with Crippen molar-refractivity contribution in [3.8, 4) is 16.2 Å². The number of benzene rings is 1. The van der Waals surface area contributed by atoms with Crippen LogP contribution in [0, 0.1) is 0 Å². The molecule has 0 amide bonds. The summed E-state index contributed by atoms with van der Waals surface area (Å²) >= 11 is 1.32. The molecule has 0 fully saturated rings. The van der Waals surface area contributed by atoms with Crippen LogP contribution < -0.4 is 5.56 Å². The van der Waals surface area contributed by atoms with Gasteiger partial charge < -0.3 is 10.1 Å². The minimum absolute atomic E-state index is 0.151. The summed E-state index contributed by atoms with van der Waals surface area (Å²) in [6, 6.07) is 8.85. The van der Waals surface area contributed by atoms with Crippen molar-refractivity contribution in [2.75, 3.05) is 0 Å². The summed E-state index contributed by atoms with van der Waals surface area (Å²) in [5.74, 6) is 0.204. The summed E-state index contributed by atoms with van der Waals surface area (Å²) in [5.41, 5.74) is 1.22. The number of fused-ring (bicyclic) bond motifs is 1. The number of rotatable bonds is 1. The van der Waals surface area contributed by atoms with Crippen LogP contribution in [-0.2, 0) is 0 Å². The number of aromatic amines is 1. The zero-order valence-corrected chi connectivity index (χ0v) is 9.49. The highest BCUT2D eigenvalue weighted by atomic mass is 32.1. The Bertz CT molecular complexity index is 745. The standard InChI is InChI=1S/C12H8N2O2S/c15-9-4-2-1-3-7(9)10-5-8-11(17-10)12(16)14-6-13-8/h1-6,15H,(H,13,14,16). The van der Waals surface area contributed by atoms with Crippen LogP contribution in [0.1, 0.15) is 0 Å². The molecule has 0 saturated carbocycles. The molecular formula is C12H8N2O2S. The van der Waals surface area contributed by atoms with Gasteiger partial charge in [-0.3, -0.25) is 4.79 Å². The van der Waals surface area contributed by atoms with E-state index in [2.05, 4.69) is 9.97 Å². The number of nitrogens with zero attached hydrogens (tertiary/aromatic N) is 1. The predicted octanol–water partition coefficient (Wildman–Crippen LogP) is 2.36. The lowest BCUT2D eigenvalue weighted by atomic mass is 10.1. The molecule has 0 aliphatic carbocycles. The van der Waals surface area contributed by atoms with Gasteiger partial charge in [-0.05, 0) is 18.2 Å². The van der Waals surface area contributed by atoms with Gasteiger partial charge >= 0.3 is 0 Å². The highest BCUT2D eigenvalue weighted by Gasteiger charge is 2.10. The van der Waals surface area contributed by atoms with Crippen molar-refractivity contribution >= 4 is 21.6 Å². The molecule has 3 aromatic rings. The van der Waals surface area contributed by atoms with Crippen molar-refractivity contribution in [2.45, 2.75) is 0 Å². The average molecular weight is 244 g/mol. The second-order valence-corrected chi connectivity index (χ2v) is 4.63. The van der Waals surface area contributed by atoms with Gasteiger partial charge in [0.1, 0.15) is 10.4 Å². The summed E-state index contributed by atoms with van der Waals surface area (Å²) < 4.78 is 0.575. The van der Waals surface area contributed by atoms with E-state index in [1.807, 2.05) is 18.2 Å². The van der Waals surface area contributed by atoms with Crippen molar-refractivity contribution in [1.29, 1.82) is 0 Å². The molecule has 84 valence electrons. The second kappa shape index (κ2) is 3.71. The van der Waals surface area contributed by atoms with Crippen LogP contribution in [0.2, 0.25) is 0 Å². The van der Waals surface area contributed by atoms with Crippen molar-refractivity contribution in [3.05, 3.63) is 47.0 Å². The van der Waals surface area contributed by atoms with Crippen LogP contribution in [0.4, 0.5) is 0 Å². The van der Waals surface area contributed by atoms with E-state index in [1.165, 1.54) is 17.7 Å². The van der Waals surface area contributed by atoms with Crippen molar-refractivity contribution in [2.24, 2.45) is 0 Å². The topological polar surface area (TPSA) is 66.0 Å². The Morgan fingerprint density at radius 3 is 2.88 bits per heavy atom. The third-order valence-electron chi connectivity index (χ3n) is 2.49. The van der Waals surface area contributed by atoms with E-state index in [0.29, 0.717) is 10.2 Å². The average Bonchev–Trinajstić information content (AvgIpc) is 2.75. The van der Waals surface area contributed by atoms with Gasteiger partial charge in [0.05, 0.1) is 11.8 Å². The molecule has 3 rings (SSSR count). The molecule has 4 nitrogen and oxygen atoms in total. The maximum Gasteiger partial charge on any atom is 0.268 e. The van der Waals surface area contributed by atoms with Crippen molar-refractivity contribution in [1.82, 2.24) is 9.97 Å². The first-order chi connectivity index (χ1) is 8.25. The molecule has 0 bridgehead atoms. The fourth-order valence-corrected chi connectivity index (χ4v) is 2.72. The fraction of sp³-hybridized carbons (Fsp3) is 0. The smallest absolute Gasteiger partial charge is 0.268 e. The first kappa shape index (κ1) is 10.0. The number of hydrogen-bond acceptors (Lipinski definition) is 4. The maximum absolute atomic E-state index is 11.6. The molecule has 2 heterocycles. The van der Waals surface area contributed by atoms with Crippen LogP contribution in [-0.4, -0.2) is 15.1 Å². The van der Waals surface area contributed by atoms with Gasteiger partial charge in [0.15, 0.2) is 0 Å². The minimum atomic E-state index is -0.151. The van der Waals surface area contributed by atoms with E-state index >= 15 is 0 Å². The first-order valence-electron chi connectivity index (χ1n) is 5.01. The number of thiophene rings is 1. The van der Waals surface area contributed by atoms with Crippen LogP contribution in [0.15, 0.2) is 41.5 Å². The lowest BCUT2D eigenvalue weighted by Gasteiger charge is -1.99. The summed E-state index contributed by atoms with van der Waals surface area (Å²) in [6.45, 7) is 0. The van der Waals surface area contributed by atoms with Crippen molar-refractivity contribution in [3.63, 3.8) is 0 Å². The van der Waals surface area contributed by atoms with E-state index in [4.69, 9.17) is 0 Å². The highest BCUT2D eigenvalue weighted by Crippen LogP contribution is 2.35. The fourth-order valence-electron chi connectivity index (χ4n) is 1.68. The van der Waals surface area contributed by atoms with Gasteiger partial charge in [-0.2, -0.15) is 0 Å².